The molecule has 0 saturated carbocycles. The molecule has 2 rings (SSSR count). The summed E-state index contributed by atoms with van der Waals surface area (Å²) in [6.45, 7) is 19.9. The van der Waals surface area contributed by atoms with E-state index in [1.807, 2.05) is 13.0 Å². The lowest BCUT2D eigenvalue weighted by Gasteiger charge is -2.17. The van der Waals surface area contributed by atoms with Crippen LogP contribution in [0.25, 0.3) is 4.85 Å². The van der Waals surface area contributed by atoms with Gasteiger partial charge in [0.05, 0.1) is 11.4 Å². The third-order valence-electron chi connectivity index (χ3n) is 4.38. The van der Waals surface area contributed by atoms with Crippen molar-refractivity contribution in [1.29, 1.82) is 0 Å². The molecule has 0 unspecified atom stereocenters. The number of hydrogen-bond acceptors (Lipinski definition) is 2. The molecule has 0 aliphatic carbocycles. The van der Waals surface area contributed by atoms with Crippen molar-refractivity contribution in [3.8, 4) is 0 Å². The largest absolute Gasteiger partial charge is 0.368 e. The molecule has 0 fully saturated rings. The summed E-state index contributed by atoms with van der Waals surface area (Å²) in [4.78, 5) is 4.36. The van der Waals surface area contributed by atoms with E-state index in [2.05, 4.69) is 69.0 Å². The number of rotatable bonds is 4. The van der Waals surface area contributed by atoms with Gasteiger partial charge in [0.15, 0.2) is 0 Å². The van der Waals surface area contributed by atoms with Crippen molar-refractivity contribution in [1.82, 2.24) is 0 Å². The van der Waals surface area contributed by atoms with Crippen LogP contribution in [0.4, 0.5) is 5.69 Å². The molecule has 0 heterocycles. The number of anilines is 1. The Bertz CT molecular complexity index is 871. The second kappa shape index (κ2) is 7.63. The minimum atomic E-state index is 0.507. The Morgan fingerprint density at radius 2 is 1.48 bits per heavy atom. The Labute approximate surface area is 156 Å². The molecule has 2 nitrogen and oxygen atoms in total. The van der Waals surface area contributed by atoms with Crippen LogP contribution < -0.4 is 5.32 Å². The highest BCUT2D eigenvalue weighted by molar-refractivity contribution is 7.81. The summed E-state index contributed by atoms with van der Waals surface area (Å²) in [7, 11) is 0. The number of aryl methyl sites for hydroxylation is 5. The van der Waals surface area contributed by atoms with Crippen LogP contribution in [0, 0.1) is 41.2 Å². The zero-order valence-corrected chi connectivity index (χ0v) is 16.6. The Morgan fingerprint density at radius 3 is 1.96 bits per heavy atom. The normalized spacial score (nSPS) is 11.6. The van der Waals surface area contributed by atoms with Gasteiger partial charge in [-0.05, 0) is 69.4 Å². The SMILES string of the molecule is [C-]#[N+]/C(C(=S)c1c(C)cc(C)cc1C)=C(\C)Nc1c(C)cccc1C. The Hall–Kier alpha value is -2.44. The summed E-state index contributed by atoms with van der Waals surface area (Å²) < 4.78 is 0. The van der Waals surface area contributed by atoms with E-state index < -0.39 is 0 Å². The van der Waals surface area contributed by atoms with Crippen molar-refractivity contribution in [3.05, 3.63) is 86.5 Å². The van der Waals surface area contributed by atoms with Gasteiger partial charge in [-0.25, -0.2) is 4.85 Å². The number of para-hydroxylation sites is 1. The van der Waals surface area contributed by atoms with Crippen LogP contribution in [0.5, 0.6) is 0 Å². The molecule has 0 spiro atoms. The quantitative estimate of drug-likeness (QED) is 0.306. The van der Waals surface area contributed by atoms with Gasteiger partial charge in [0, 0.05) is 11.4 Å². The van der Waals surface area contributed by atoms with Gasteiger partial charge in [-0.3, -0.25) is 0 Å². The van der Waals surface area contributed by atoms with E-state index in [-0.39, 0.29) is 0 Å². The van der Waals surface area contributed by atoms with E-state index in [9.17, 15) is 0 Å². The maximum atomic E-state index is 7.67. The molecule has 0 radical (unpaired) electrons. The number of hydrogen-bond donors (Lipinski definition) is 1. The van der Waals surface area contributed by atoms with Crippen LogP contribution in [0.2, 0.25) is 0 Å². The van der Waals surface area contributed by atoms with Crippen LogP contribution in [0.3, 0.4) is 0 Å². The van der Waals surface area contributed by atoms with Crippen molar-refractivity contribution < 1.29 is 0 Å². The maximum absolute atomic E-state index is 7.67. The van der Waals surface area contributed by atoms with Crippen molar-refractivity contribution in [2.24, 2.45) is 0 Å². The third-order valence-corrected chi connectivity index (χ3v) is 4.78. The second-order valence-corrected chi connectivity index (χ2v) is 6.99. The highest BCUT2D eigenvalue weighted by atomic mass is 32.1. The summed E-state index contributed by atoms with van der Waals surface area (Å²) in [6, 6.07) is 10.4. The lowest BCUT2D eigenvalue weighted by Crippen LogP contribution is -2.11. The smallest absolute Gasteiger partial charge is 0.223 e. The standard InChI is InChI=1S/C22H24N2S/c1-13-11-16(4)19(17(5)12-13)22(25)21(23-7)18(6)24-20-14(2)9-8-10-15(20)3/h8-12,24H,1-6H3/b21-18+. The average molecular weight is 349 g/mol. The first-order valence-electron chi connectivity index (χ1n) is 8.30. The first-order valence-corrected chi connectivity index (χ1v) is 8.71. The Balaban J connectivity index is 2.50. The fraction of sp³-hybridized carbons (Fsp3) is 0.273. The highest BCUT2D eigenvalue weighted by Crippen LogP contribution is 2.26. The molecule has 3 heteroatoms. The Kier molecular flexibility index (Phi) is 5.77. The van der Waals surface area contributed by atoms with Gasteiger partial charge < -0.3 is 5.32 Å². The molecule has 0 atom stereocenters. The number of allylic oxidation sites excluding steroid dienone is 2. The van der Waals surface area contributed by atoms with Gasteiger partial charge in [0.2, 0.25) is 5.70 Å². The summed E-state index contributed by atoms with van der Waals surface area (Å²) in [5.74, 6) is 0. The zero-order valence-electron chi connectivity index (χ0n) is 15.7. The van der Waals surface area contributed by atoms with Crippen molar-refractivity contribution >= 4 is 22.8 Å². The van der Waals surface area contributed by atoms with Gasteiger partial charge in [-0.15, -0.1) is 0 Å². The number of nitrogens with zero attached hydrogens (tertiary/aromatic N) is 1. The fourth-order valence-corrected chi connectivity index (χ4v) is 3.74. The van der Waals surface area contributed by atoms with E-state index >= 15 is 0 Å². The number of nitrogens with one attached hydrogen (secondary N) is 1. The summed E-state index contributed by atoms with van der Waals surface area (Å²) in [5.41, 5.74) is 9.07. The van der Waals surface area contributed by atoms with Crippen LogP contribution in [-0.2, 0) is 0 Å². The van der Waals surface area contributed by atoms with E-state index in [0.29, 0.717) is 10.6 Å². The minimum absolute atomic E-state index is 0.507. The predicted octanol–water partition coefficient (Wildman–Crippen LogP) is 6.21. The van der Waals surface area contributed by atoms with Gasteiger partial charge >= 0.3 is 0 Å². The predicted molar refractivity (Wildman–Crippen MR) is 111 cm³/mol. The molecule has 0 bridgehead atoms. The number of thiocarbonyl (C=S) groups is 1. The molecule has 2 aromatic rings. The monoisotopic (exact) mass is 348 g/mol. The average Bonchev–Trinajstić information content (AvgIpc) is 2.50. The zero-order chi connectivity index (χ0) is 18.7. The van der Waals surface area contributed by atoms with E-state index in [1.54, 1.807) is 0 Å². The molecule has 0 amide bonds. The first kappa shape index (κ1) is 18.9. The van der Waals surface area contributed by atoms with Gasteiger partial charge in [0.25, 0.3) is 0 Å². The highest BCUT2D eigenvalue weighted by Gasteiger charge is 2.17. The summed E-state index contributed by atoms with van der Waals surface area (Å²) in [5, 5.41) is 3.41. The van der Waals surface area contributed by atoms with E-state index in [1.165, 1.54) is 5.56 Å². The molecule has 0 aliphatic heterocycles. The van der Waals surface area contributed by atoms with Crippen molar-refractivity contribution in [3.63, 3.8) is 0 Å². The van der Waals surface area contributed by atoms with Crippen LogP contribution >= 0.6 is 12.2 Å². The van der Waals surface area contributed by atoms with Crippen molar-refractivity contribution in [2.45, 2.75) is 41.5 Å². The first-order chi connectivity index (χ1) is 11.8. The van der Waals surface area contributed by atoms with Gasteiger partial charge in [-0.1, -0.05) is 48.1 Å². The fourth-order valence-electron chi connectivity index (χ4n) is 3.22. The minimum Gasteiger partial charge on any atom is -0.368 e. The van der Waals surface area contributed by atoms with Crippen molar-refractivity contribution in [2.75, 3.05) is 5.32 Å². The maximum Gasteiger partial charge on any atom is 0.223 e. The second-order valence-electron chi connectivity index (χ2n) is 6.58. The number of benzene rings is 2. The lowest BCUT2D eigenvalue weighted by molar-refractivity contribution is 1.27. The third kappa shape index (κ3) is 3.97. The Morgan fingerprint density at radius 1 is 0.960 bits per heavy atom. The van der Waals surface area contributed by atoms with Crippen LogP contribution in [0.15, 0.2) is 41.7 Å². The van der Waals surface area contributed by atoms with Gasteiger partial charge in [0.1, 0.15) is 0 Å². The van der Waals surface area contributed by atoms with Gasteiger partial charge in [-0.2, -0.15) is 0 Å². The summed E-state index contributed by atoms with van der Waals surface area (Å²) in [6.07, 6.45) is 0. The van der Waals surface area contributed by atoms with Crippen LogP contribution in [0.1, 0.15) is 40.3 Å². The molecule has 2 aromatic carbocycles. The van der Waals surface area contributed by atoms with E-state index in [0.717, 1.165) is 39.2 Å². The summed E-state index contributed by atoms with van der Waals surface area (Å²) >= 11 is 5.71. The lowest BCUT2D eigenvalue weighted by atomic mass is 9.95. The van der Waals surface area contributed by atoms with E-state index in [4.69, 9.17) is 18.8 Å². The molecular formula is C22H24N2S. The molecule has 1 N–H and O–H groups in total. The molecule has 0 aliphatic rings. The molecule has 25 heavy (non-hydrogen) atoms. The molecular weight excluding hydrogens is 324 g/mol. The van der Waals surface area contributed by atoms with Crippen LogP contribution in [-0.4, -0.2) is 4.86 Å². The molecule has 0 aromatic heterocycles. The molecule has 0 saturated heterocycles. The topological polar surface area (TPSA) is 16.4 Å². The molecule has 128 valence electrons.